The number of nitrogens with zero attached hydrogens (tertiary/aromatic N) is 5. The molecule has 10 nitrogen and oxygen atoms in total. The van der Waals surface area contributed by atoms with Crippen LogP contribution in [-0.2, 0) is 16.0 Å². The predicted molar refractivity (Wildman–Crippen MR) is 143 cm³/mol. The second kappa shape index (κ2) is 14.0. The Hall–Kier alpha value is -3.04. The summed E-state index contributed by atoms with van der Waals surface area (Å²) in [4.78, 5) is 27.5. The molecule has 4 rings (SSSR count). The molecule has 2 aromatic rings. The van der Waals surface area contributed by atoms with E-state index in [2.05, 4.69) is 22.2 Å². The number of H-pyrrole nitrogens is 1. The van der Waals surface area contributed by atoms with Gasteiger partial charge in [0.25, 0.3) is 0 Å². The van der Waals surface area contributed by atoms with Crippen LogP contribution in [-0.4, -0.2) is 78.3 Å². The molecule has 2 amide bonds. The van der Waals surface area contributed by atoms with Crippen LogP contribution in [0.25, 0.3) is 0 Å². The van der Waals surface area contributed by atoms with Gasteiger partial charge in [0.2, 0.25) is 0 Å². The summed E-state index contributed by atoms with van der Waals surface area (Å²) in [5.41, 5.74) is -0.812. The second-order valence-electron chi connectivity index (χ2n) is 11.3. The number of aromatic amines is 1. The average Bonchev–Trinajstić information content (AvgIpc) is 3.61. The van der Waals surface area contributed by atoms with Crippen LogP contribution in [0.3, 0.4) is 0 Å². The lowest BCUT2D eigenvalue weighted by Gasteiger charge is -2.28. The van der Waals surface area contributed by atoms with E-state index in [9.17, 15) is 9.59 Å². The lowest BCUT2D eigenvalue weighted by atomic mass is 10.2. The fourth-order valence-electron chi connectivity index (χ4n) is 4.25. The van der Waals surface area contributed by atoms with Crippen LogP contribution in [0.2, 0.25) is 0 Å². The van der Waals surface area contributed by atoms with Gasteiger partial charge in [0.1, 0.15) is 11.2 Å². The number of nitrogens with one attached hydrogen (secondary N) is 1. The Balaban J connectivity index is 0.000000224. The van der Waals surface area contributed by atoms with Gasteiger partial charge in [-0.1, -0.05) is 6.92 Å². The molecule has 2 aliphatic rings. The fraction of sp³-hybridized carbons (Fsp3) is 0.704. The van der Waals surface area contributed by atoms with E-state index in [1.54, 1.807) is 18.6 Å². The Morgan fingerprint density at radius 2 is 1.46 bits per heavy atom. The van der Waals surface area contributed by atoms with Crippen molar-refractivity contribution in [3.63, 3.8) is 0 Å². The zero-order valence-electron chi connectivity index (χ0n) is 23.6. The summed E-state index contributed by atoms with van der Waals surface area (Å²) < 4.78 is 12.6. The topological polar surface area (TPSA) is 106 Å². The first-order valence-electron chi connectivity index (χ1n) is 13.3. The van der Waals surface area contributed by atoms with Crippen LogP contribution in [0.1, 0.15) is 80.6 Å². The molecule has 0 aliphatic carbocycles. The highest BCUT2D eigenvalue weighted by atomic mass is 16.6. The Morgan fingerprint density at radius 1 is 0.892 bits per heavy atom. The minimum atomic E-state index is -0.435. The molecule has 4 heterocycles. The minimum Gasteiger partial charge on any atom is -0.444 e. The van der Waals surface area contributed by atoms with E-state index < -0.39 is 5.60 Å². The van der Waals surface area contributed by atoms with E-state index in [1.165, 1.54) is 0 Å². The summed E-state index contributed by atoms with van der Waals surface area (Å²) in [7, 11) is 0. The van der Waals surface area contributed by atoms with Gasteiger partial charge in [-0.2, -0.15) is 10.2 Å². The molecule has 2 saturated heterocycles. The van der Waals surface area contributed by atoms with E-state index >= 15 is 0 Å². The Kier molecular flexibility index (Phi) is 11.5. The molecule has 2 aromatic heterocycles. The van der Waals surface area contributed by atoms with Crippen molar-refractivity contribution < 1.29 is 19.1 Å². The number of aromatic nitrogens is 4. The predicted octanol–water partition coefficient (Wildman–Crippen LogP) is 5.49. The zero-order valence-corrected chi connectivity index (χ0v) is 23.6. The lowest BCUT2D eigenvalue weighted by molar-refractivity contribution is 0.0205. The third kappa shape index (κ3) is 11.3. The minimum absolute atomic E-state index is 0.151. The largest absolute Gasteiger partial charge is 0.444 e. The Bertz CT molecular complexity index is 885. The first kappa shape index (κ1) is 30.2. The molecule has 10 heteroatoms. The summed E-state index contributed by atoms with van der Waals surface area (Å²) in [5, 5.41) is 10.4. The van der Waals surface area contributed by atoms with Crippen molar-refractivity contribution in [1.29, 1.82) is 0 Å². The van der Waals surface area contributed by atoms with Gasteiger partial charge in [-0.3, -0.25) is 9.78 Å². The smallest absolute Gasteiger partial charge is 0.410 e. The average molecular weight is 519 g/mol. The molecule has 37 heavy (non-hydrogen) atoms. The third-order valence-electron chi connectivity index (χ3n) is 5.84. The first-order chi connectivity index (χ1) is 17.4. The number of likely N-dealkylation sites (tertiary alicyclic amines) is 2. The van der Waals surface area contributed by atoms with Gasteiger partial charge >= 0.3 is 12.2 Å². The number of carbonyl (C=O) groups is 2. The molecule has 2 atom stereocenters. The summed E-state index contributed by atoms with van der Waals surface area (Å²) >= 11 is 0. The van der Waals surface area contributed by atoms with Crippen molar-refractivity contribution in [2.24, 2.45) is 0 Å². The fourth-order valence-corrected chi connectivity index (χ4v) is 4.25. The van der Waals surface area contributed by atoms with Crippen LogP contribution >= 0.6 is 0 Å². The van der Waals surface area contributed by atoms with E-state index in [0.29, 0.717) is 6.04 Å². The number of rotatable bonds is 3. The Morgan fingerprint density at radius 3 is 1.86 bits per heavy atom. The molecule has 2 fully saturated rings. The van der Waals surface area contributed by atoms with Gasteiger partial charge in [-0.05, 0) is 85.8 Å². The maximum absolute atomic E-state index is 12.1. The first-order valence-corrected chi connectivity index (χ1v) is 13.3. The van der Waals surface area contributed by atoms with Crippen molar-refractivity contribution in [3.8, 4) is 0 Å². The molecular weight excluding hydrogens is 472 g/mol. The van der Waals surface area contributed by atoms with Crippen LogP contribution in [0.15, 0.2) is 36.9 Å². The zero-order chi connectivity index (χ0) is 27.5. The number of ether oxygens (including phenoxy) is 2. The van der Waals surface area contributed by atoms with Crippen molar-refractivity contribution in [1.82, 2.24) is 29.8 Å². The lowest BCUT2D eigenvalue weighted by Crippen LogP contribution is -2.41. The molecular formula is C27H46N6O4. The third-order valence-corrected chi connectivity index (χ3v) is 5.84. The molecule has 0 bridgehead atoms. The van der Waals surface area contributed by atoms with Crippen molar-refractivity contribution in [2.45, 2.75) is 110 Å². The standard InChI is InChI=1S/C13H21N3O2.C11H21NO2.C3H4N2/c1-13(2,3)18-12(17)16-9-4-6-11(16)10-15-8-5-7-14-15;1-5-9-7-6-8-12(9)10(13)14-11(2,3)4;1-2-4-5-3-1/h5,7-8,11H,4,6,9-10H2,1-3H3;9H,5-8H2,1-4H3;1-3H,(H,4,5)/t11-;9-;/m10./s1. The number of amides is 2. The van der Waals surface area contributed by atoms with E-state index in [1.807, 2.05) is 74.4 Å². The molecule has 0 saturated carbocycles. The highest BCUT2D eigenvalue weighted by Gasteiger charge is 2.32. The highest BCUT2D eigenvalue weighted by molar-refractivity contribution is 5.69. The van der Waals surface area contributed by atoms with Gasteiger partial charge in [0.15, 0.2) is 0 Å². The van der Waals surface area contributed by atoms with Crippen molar-refractivity contribution >= 4 is 12.2 Å². The second-order valence-corrected chi connectivity index (χ2v) is 11.3. The molecule has 0 spiro atoms. The maximum atomic E-state index is 12.1. The van der Waals surface area contributed by atoms with Crippen molar-refractivity contribution in [2.75, 3.05) is 13.1 Å². The van der Waals surface area contributed by atoms with Gasteiger partial charge < -0.3 is 19.3 Å². The maximum Gasteiger partial charge on any atom is 0.410 e. The molecule has 0 aromatic carbocycles. The van der Waals surface area contributed by atoms with Crippen LogP contribution in [0, 0.1) is 0 Å². The molecule has 208 valence electrons. The van der Waals surface area contributed by atoms with Crippen LogP contribution < -0.4 is 0 Å². The van der Waals surface area contributed by atoms with Gasteiger partial charge in [-0.25, -0.2) is 9.59 Å². The monoisotopic (exact) mass is 518 g/mol. The molecule has 2 aliphatic heterocycles. The number of hydrogen-bond acceptors (Lipinski definition) is 6. The molecule has 0 unspecified atom stereocenters. The molecule has 1 N–H and O–H groups in total. The van der Waals surface area contributed by atoms with Crippen LogP contribution in [0.4, 0.5) is 9.59 Å². The van der Waals surface area contributed by atoms with E-state index in [0.717, 1.165) is 51.7 Å². The summed E-state index contributed by atoms with van der Waals surface area (Å²) in [6.45, 7) is 15.9. The molecule has 0 radical (unpaired) electrons. The van der Waals surface area contributed by atoms with Gasteiger partial charge in [0, 0.05) is 43.9 Å². The van der Waals surface area contributed by atoms with E-state index in [-0.39, 0.29) is 23.8 Å². The van der Waals surface area contributed by atoms with Crippen LogP contribution in [0.5, 0.6) is 0 Å². The SMILES string of the molecule is CC(C)(C)OC(=O)N1CCC[C@@H]1Cn1cccn1.CC[C@H]1CCCN1C(=O)OC(C)(C)C.c1cn[nH]c1. The Labute approximate surface area is 221 Å². The summed E-state index contributed by atoms with van der Waals surface area (Å²) in [6.07, 6.45) is 12.1. The highest BCUT2D eigenvalue weighted by Crippen LogP contribution is 2.23. The quantitative estimate of drug-likeness (QED) is 0.576. The summed E-state index contributed by atoms with van der Waals surface area (Å²) in [6, 6.07) is 4.32. The number of carbonyl (C=O) groups excluding carboxylic acids is 2. The van der Waals surface area contributed by atoms with Gasteiger partial charge in [-0.15, -0.1) is 0 Å². The number of hydrogen-bond donors (Lipinski definition) is 1. The normalized spacial score (nSPS) is 19.4. The van der Waals surface area contributed by atoms with Gasteiger partial charge in [0.05, 0.1) is 12.6 Å². The van der Waals surface area contributed by atoms with Crippen molar-refractivity contribution in [3.05, 3.63) is 36.9 Å². The van der Waals surface area contributed by atoms with E-state index in [4.69, 9.17) is 9.47 Å². The summed E-state index contributed by atoms with van der Waals surface area (Å²) in [5.74, 6) is 0.